The summed E-state index contributed by atoms with van der Waals surface area (Å²) in [5.41, 5.74) is 6.73. The number of anilines is 1. The normalized spacial score (nSPS) is 10.8. The number of amides is 1. The third kappa shape index (κ3) is 5.32. The molecular weight excluding hydrogens is 412 g/mol. The van der Waals surface area contributed by atoms with Gasteiger partial charge in [-0.25, -0.2) is 4.98 Å². The van der Waals surface area contributed by atoms with Gasteiger partial charge in [0.15, 0.2) is 5.13 Å². The molecule has 32 heavy (non-hydrogen) atoms. The number of hydrogen-bond acceptors (Lipinski definition) is 3. The van der Waals surface area contributed by atoms with Gasteiger partial charge in [0.2, 0.25) is 5.91 Å². The van der Waals surface area contributed by atoms with Crippen LogP contribution < -0.4 is 5.32 Å². The topological polar surface area (TPSA) is 42.0 Å². The van der Waals surface area contributed by atoms with E-state index in [0.717, 1.165) is 36.1 Å². The molecule has 162 valence electrons. The van der Waals surface area contributed by atoms with Crippen LogP contribution in [0.4, 0.5) is 5.13 Å². The number of hydrogen-bond donors (Lipinski definition) is 1. The minimum absolute atomic E-state index is 0.0305. The van der Waals surface area contributed by atoms with E-state index in [1.165, 1.54) is 21.6 Å². The molecule has 4 aromatic rings. The third-order valence-electron chi connectivity index (χ3n) is 5.48. The summed E-state index contributed by atoms with van der Waals surface area (Å²) in [6.07, 6.45) is 3.34. The van der Waals surface area contributed by atoms with Crippen LogP contribution in [0.2, 0.25) is 0 Å². The lowest BCUT2D eigenvalue weighted by Crippen LogP contribution is -2.14. The van der Waals surface area contributed by atoms with Crippen molar-refractivity contribution >= 4 is 22.4 Å². The molecule has 1 heterocycles. The largest absolute Gasteiger partial charge is 0.302 e. The predicted octanol–water partition coefficient (Wildman–Crippen LogP) is 7.17. The standard InChI is InChI=1S/C28H28N2OS/c1-3-8-25-27(24-17-15-23(16-18-24)22-9-6-5-7-10-22)30-28(32-25)29-26(31)19-21-13-11-20(4-2)12-14-21/h5-7,9-18H,3-4,8,19H2,1-2H3,(H,29,30,31). The number of thiazole rings is 1. The van der Waals surface area contributed by atoms with E-state index in [1.54, 1.807) is 11.3 Å². The number of nitrogens with one attached hydrogen (secondary N) is 1. The van der Waals surface area contributed by atoms with Crippen molar-refractivity contribution in [2.24, 2.45) is 0 Å². The van der Waals surface area contributed by atoms with Crippen LogP contribution in [0.5, 0.6) is 0 Å². The number of rotatable bonds is 8. The molecule has 1 aromatic heterocycles. The number of aryl methyl sites for hydroxylation is 2. The first-order valence-corrected chi connectivity index (χ1v) is 12.0. The van der Waals surface area contributed by atoms with Crippen LogP contribution in [0, 0.1) is 0 Å². The number of nitrogens with zero attached hydrogens (tertiary/aromatic N) is 1. The molecule has 0 saturated carbocycles. The molecule has 0 aliphatic heterocycles. The van der Waals surface area contributed by atoms with E-state index in [0.29, 0.717) is 11.6 Å². The Bertz CT molecular complexity index is 1160. The van der Waals surface area contributed by atoms with Crippen molar-refractivity contribution < 1.29 is 4.79 Å². The van der Waals surface area contributed by atoms with Crippen LogP contribution >= 0.6 is 11.3 Å². The molecule has 0 radical (unpaired) electrons. The van der Waals surface area contributed by atoms with Crippen molar-refractivity contribution in [3.63, 3.8) is 0 Å². The molecule has 1 N–H and O–H groups in total. The zero-order valence-corrected chi connectivity index (χ0v) is 19.4. The summed E-state index contributed by atoms with van der Waals surface area (Å²) in [5.74, 6) is -0.0305. The molecule has 0 aliphatic carbocycles. The van der Waals surface area contributed by atoms with E-state index in [4.69, 9.17) is 4.98 Å². The quantitative estimate of drug-likeness (QED) is 0.315. The average Bonchev–Trinajstić information content (AvgIpc) is 3.22. The summed E-state index contributed by atoms with van der Waals surface area (Å²) in [4.78, 5) is 18.6. The predicted molar refractivity (Wildman–Crippen MR) is 135 cm³/mol. The van der Waals surface area contributed by atoms with Gasteiger partial charge in [0, 0.05) is 10.4 Å². The lowest BCUT2D eigenvalue weighted by Gasteiger charge is -2.05. The van der Waals surface area contributed by atoms with Crippen LogP contribution in [0.1, 0.15) is 36.3 Å². The Labute approximate surface area is 194 Å². The Morgan fingerprint density at radius 1 is 0.812 bits per heavy atom. The number of benzene rings is 3. The van der Waals surface area contributed by atoms with Crippen LogP contribution in [-0.4, -0.2) is 10.9 Å². The van der Waals surface area contributed by atoms with Gasteiger partial charge in [-0.2, -0.15) is 0 Å². The molecule has 0 spiro atoms. The average molecular weight is 441 g/mol. The molecular formula is C28H28N2OS. The minimum Gasteiger partial charge on any atom is -0.302 e. The fourth-order valence-electron chi connectivity index (χ4n) is 3.72. The van der Waals surface area contributed by atoms with Crippen molar-refractivity contribution in [1.29, 1.82) is 0 Å². The molecule has 1 amide bonds. The monoisotopic (exact) mass is 440 g/mol. The zero-order chi connectivity index (χ0) is 22.3. The molecule has 3 nitrogen and oxygen atoms in total. The number of carbonyl (C=O) groups is 1. The van der Waals surface area contributed by atoms with E-state index in [1.807, 2.05) is 18.2 Å². The Balaban J connectivity index is 1.51. The molecule has 4 heteroatoms. The second-order valence-corrected chi connectivity index (χ2v) is 8.96. The van der Waals surface area contributed by atoms with Crippen molar-refractivity contribution in [2.45, 2.75) is 39.5 Å². The van der Waals surface area contributed by atoms with Crippen LogP contribution in [0.3, 0.4) is 0 Å². The van der Waals surface area contributed by atoms with Gasteiger partial charge in [0.1, 0.15) is 0 Å². The summed E-state index contributed by atoms with van der Waals surface area (Å²) in [6, 6.07) is 27.1. The van der Waals surface area contributed by atoms with Gasteiger partial charge in [-0.1, -0.05) is 99.1 Å². The zero-order valence-electron chi connectivity index (χ0n) is 18.6. The van der Waals surface area contributed by atoms with Gasteiger partial charge in [-0.05, 0) is 35.1 Å². The molecule has 0 unspecified atom stereocenters. The van der Waals surface area contributed by atoms with Gasteiger partial charge < -0.3 is 5.32 Å². The molecule has 4 rings (SSSR count). The first kappa shape index (κ1) is 22.0. The summed E-state index contributed by atoms with van der Waals surface area (Å²) in [7, 11) is 0. The number of aromatic nitrogens is 1. The first-order valence-electron chi connectivity index (χ1n) is 11.2. The van der Waals surface area contributed by atoms with Crippen LogP contribution in [0.15, 0.2) is 78.9 Å². The maximum atomic E-state index is 12.6. The lowest BCUT2D eigenvalue weighted by molar-refractivity contribution is -0.115. The van der Waals surface area contributed by atoms with Gasteiger partial charge in [0.05, 0.1) is 12.1 Å². The highest BCUT2D eigenvalue weighted by molar-refractivity contribution is 7.16. The Morgan fingerprint density at radius 3 is 2.09 bits per heavy atom. The van der Waals surface area contributed by atoms with E-state index in [-0.39, 0.29) is 5.91 Å². The van der Waals surface area contributed by atoms with Crippen LogP contribution in [-0.2, 0) is 24.1 Å². The molecule has 0 atom stereocenters. The van der Waals surface area contributed by atoms with E-state index >= 15 is 0 Å². The second-order valence-electron chi connectivity index (χ2n) is 7.88. The van der Waals surface area contributed by atoms with Gasteiger partial charge >= 0.3 is 0 Å². The van der Waals surface area contributed by atoms with E-state index in [9.17, 15) is 4.79 Å². The Morgan fingerprint density at radius 2 is 1.44 bits per heavy atom. The van der Waals surface area contributed by atoms with Crippen molar-refractivity contribution in [1.82, 2.24) is 4.98 Å². The van der Waals surface area contributed by atoms with Crippen LogP contribution in [0.25, 0.3) is 22.4 Å². The maximum Gasteiger partial charge on any atom is 0.230 e. The Kier molecular flexibility index (Phi) is 7.13. The maximum absolute atomic E-state index is 12.6. The number of carbonyl (C=O) groups excluding carboxylic acids is 1. The van der Waals surface area contributed by atoms with E-state index < -0.39 is 0 Å². The van der Waals surface area contributed by atoms with Crippen molar-refractivity contribution in [3.05, 3.63) is 94.9 Å². The van der Waals surface area contributed by atoms with E-state index in [2.05, 4.69) is 79.8 Å². The van der Waals surface area contributed by atoms with Gasteiger partial charge in [-0.15, -0.1) is 11.3 Å². The highest BCUT2D eigenvalue weighted by Crippen LogP contribution is 2.33. The lowest BCUT2D eigenvalue weighted by atomic mass is 10.0. The molecule has 0 aliphatic rings. The van der Waals surface area contributed by atoms with Gasteiger partial charge in [-0.3, -0.25) is 4.79 Å². The highest BCUT2D eigenvalue weighted by Gasteiger charge is 2.15. The van der Waals surface area contributed by atoms with Crippen molar-refractivity contribution in [2.75, 3.05) is 5.32 Å². The summed E-state index contributed by atoms with van der Waals surface area (Å²) < 4.78 is 0. The summed E-state index contributed by atoms with van der Waals surface area (Å²) in [6.45, 7) is 4.30. The minimum atomic E-state index is -0.0305. The smallest absolute Gasteiger partial charge is 0.230 e. The highest BCUT2D eigenvalue weighted by atomic mass is 32.1. The molecule has 0 saturated heterocycles. The summed E-state index contributed by atoms with van der Waals surface area (Å²) >= 11 is 1.58. The molecule has 0 fully saturated rings. The Hall–Kier alpha value is -3.24. The van der Waals surface area contributed by atoms with Crippen molar-refractivity contribution in [3.8, 4) is 22.4 Å². The fourth-order valence-corrected chi connectivity index (χ4v) is 4.82. The third-order valence-corrected chi connectivity index (χ3v) is 6.51. The first-order chi connectivity index (χ1) is 15.7. The second kappa shape index (κ2) is 10.4. The van der Waals surface area contributed by atoms with Gasteiger partial charge in [0.25, 0.3) is 0 Å². The SMILES string of the molecule is CCCc1sc(NC(=O)Cc2ccc(CC)cc2)nc1-c1ccc(-c2ccccc2)cc1. The molecule has 0 bridgehead atoms. The molecule has 3 aromatic carbocycles. The summed E-state index contributed by atoms with van der Waals surface area (Å²) in [5, 5.41) is 3.69. The fraction of sp³-hybridized carbons (Fsp3) is 0.214.